The fourth-order valence-electron chi connectivity index (χ4n) is 2.54. The third-order valence-electron chi connectivity index (χ3n) is 3.87. The third-order valence-corrected chi connectivity index (χ3v) is 3.87. The van der Waals surface area contributed by atoms with E-state index in [4.69, 9.17) is 9.47 Å². The second kappa shape index (κ2) is 12.0. The summed E-state index contributed by atoms with van der Waals surface area (Å²) < 4.78 is 10.3. The molecule has 0 fully saturated rings. The molecular formula is C22H25N3O6. The Bertz CT molecular complexity index is 927. The number of carbonyl (C=O) groups excluding carboxylic acids is 4. The number of ether oxygens (including phenoxy) is 2. The first kappa shape index (κ1) is 23.4. The highest BCUT2D eigenvalue weighted by Crippen LogP contribution is 2.23. The number of rotatable bonds is 10. The molecule has 0 atom stereocenters. The highest BCUT2D eigenvalue weighted by atomic mass is 16.5. The molecule has 0 aliphatic heterocycles. The molecule has 3 amide bonds. The number of anilines is 3. The van der Waals surface area contributed by atoms with Gasteiger partial charge in [0.25, 0.3) is 5.91 Å². The Morgan fingerprint density at radius 1 is 0.806 bits per heavy atom. The van der Waals surface area contributed by atoms with E-state index in [2.05, 4.69) is 16.0 Å². The molecule has 0 heterocycles. The minimum Gasteiger partial charge on any atom is -0.492 e. The number of para-hydroxylation sites is 2. The SMILES string of the molecule is CCOc1ccccc1NC(=O)COC(=O)CCC(=O)Nc1ccc(NC(C)=O)cc1. The van der Waals surface area contributed by atoms with E-state index >= 15 is 0 Å². The van der Waals surface area contributed by atoms with Crippen molar-refractivity contribution in [1.29, 1.82) is 0 Å². The molecule has 0 saturated heterocycles. The first-order valence-corrected chi connectivity index (χ1v) is 9.72. The zero-order valence-corrected chi connectivity index (χ0v) is 17.4. The molecule has 0 radical (unpaired) electrons. The zero-order chi connectivity index (χ0) is 22.6. The van der Waals surface area contributed by atoms with Gasteiger partial charge in [0.15, 0.2) is 6.61 Å². The van der Waals surface area contributed by atoms with E-state index in [1.807, 2.05) is 6.92 Å². The van der Waals surface area contributed by atoms with Gasteiger partial charge in [-0.2, -0.15) is 0 Å². The van der Waals surface area contributed by atoms with Crippen molar-refractivity contribution in [2.24, 2.45) is 0 Å². The molecule has 0 saturated carbocycles. The minimum absolute atomic E-state index is 0.0962. The van der Waals surface area contributed by atoms with Gasteiger partial charge >= 0.3 is 5.97 Å². The lowest BCUT2D eigenvalue weighted by Gasteiger charge is -2.11. The molecule has 2 aromatic carbocycles. The fraction of sp³-hybridized carbons (Fsp3) is 0.273. The van der Waals surface area contributed by atoms with Gasteiger partial charge in [0.05, 0.1) is 18.7 Å². The average Bonchev–Trinajstić information content (AvgIpc) is 2.73. The normalized spacial score (nSPS) is 10.0. The summed E-state index contributed by atoms with van der Waals surface area (Å²) >= 11 is 0. The van der Waals surface area contributed by atoms with Crippen LogP contribution in [0.4, 0.5) is 17.1 Å². The molecule has 0 bridgehead atoms. The summed E-state index contributed by atoms with van der Waals surface area (Å²) in [6.45, 7) is 3.21. The molecule has 31 heavy (non-hydrogen) atoms. The van der Waals surface area contributed by atoms with Gasteiger partial charge in [-0.05, 0) is 43.3 Å². The highest BCUT2D eigenvalue weighted by molar-refractivity contribution is 5.95. The standard InChI is InChI=1S/C22H25N3O6/c1-3-30-19-7-5-4-6-18(19)25-21(28)14-31-22(29)13-12-20(27)24-17-10-8-16(9-11-17)23-15(2)26/h4-11H,3,12-14H2,1-2H3,(H,23,26)(H,24,27)(H,25,28). The number of hydrogen-bond acceptors (Lipinski definition) is 6. The van der Waals surface area contributed by atoms with Crippen LogP contribution in [-0.2, 0) is 23.9 Å². The lowest BCUT2D eigenvalue weighted by atomic mass is 10.2. The van der Waals surface area contributed by atoms with Crippen LogP contribution in [0.25, 0.3) is 0 Å². The molecule has 0 unspecified atom stereocenters. The van der Waals surface area contributed by atoms with E-state index in [1.165, 1.54) is 6.92 Å². The minimum atomic E-state index is -0.663. The van der Waals surface area contributed by atoms with Gasteiger partial charge in [-0.25, -0.2) is 0 Å². The number of nitrogens with one attached hydrogen (secondary N) is 3. The summed E-state index contributed by atoms with van der Waals surface area (Å²) in [4.78, 5) is 46.8. The molecule has 2 rings (SSSR count). The van der Waals surface area contributed by atoms with Crippen LogP contribution in [0.3, 0.4) is 0 Å². The van der Waals surface area contributed by atoms with Crippen LogP contribution in [0.2, 0.25) is 0 Å². The van der Waals surface area contributed by atoms with Crippen LogP contribution < -0.4 is 20.7 Å². The molecule has 0 aromatic heterocycles. The molecule has 0 spiro atoms. The fourth-order valence-corrected chi connectivity index (χ4v) is 2.54. The van der Waals surface area contributed by atoms with Gasteiger partial charge in [-0.1, -0.05) is 12.1 Å². The molecule has 0 aliphatic rings. The number of esters is 1. The van der Waals surface area contributed by atoms with Crippen LogP contribution >= 0.6 is 0 Å². The second-order valence-corrected chi connectivity index (χ2v) is 6.44. The van der Waals surface area contributed by atoms with Crippen molar-refractivity contribution in [3.8, 4) is 5.75 Å². The summed E-state index contributed by atoms with van der Waals surface area (Å²) in [6.07, 6.45) is -0.264. The maximum Gasteiger partial charge on any atom is 0.306 e. The Labute approximate surface area is 180 Å². The Morgan fingerprint density at radius 3 is 2.10 bits per heavy atom. The number of benzene rings is 2. The quantitative estimate of drug-likeness (QED) is 0.501. The van der Waals surface area contributed by atoms with Crippen LogP contribution in [0.1, 0.15) is 26.7 Å². The zero-order valence-electron chi connectivity index (χ0n) is 17.4. The van der Waals surface area contributed by atoms with E-state index in [0.29, 0.717) is 29.4 Å². The monoisotopic (exact) mass is 427 g/mol. The Balaban J connectivity index is 1.71. The van der Waals surface area contributed by atoms with Crippen LogP contribution in [0, 0.1) is 0 Å². The van der Waals surface area contributed by atoms with Gasteiger partial charge < -0.3 is 25.4 Å². The average molecular weight is 427 g/mol. The smallest absolute Gasteiger partial charge is 0.306 e. The molecule has 3 N–H and O–H groups in total. The van der Waals surface area contributed by atoms with Gasteiger partial charge in [0, 0.05) is 24.7 Å². The number of hydrogen-bond donors (Lipinski definition) is 3. The third kappa shape index (κ3) is 8.57. The Morgan fingerprint density at radius 2 is 1.45 bits per heavy atom. The van der Waals surface area contributed by atoms with Crippen LogP contribution in [0.15, 0.2) is 48.5 Å². The Kier molecular flexibility index (Phi) is 9.03. The molecular weight excluding hydrogens is 402 g/mol. The summed E-state index contributed by atoms with van der Waals surface area (Å²) in [6, 6.07) is 13.5. The largest absolute Gasteiger partial charge is 0.492 e. The molecule has 9 heteroatoms. The number of amides is 3. The first-order valence-electron chi connectivity index (χ1n) is 9.72. The van der Waals surface area contributed by atoms with Gasteiger partial charge in [-0.15, -0.1) is 0 Å². The van der Waals surface area contributed by atoms with E-state index in [1.54, 1.807) is 48.5 Å². The summed E-state index contributed by atoms with van der Waals surface area (Å²) in [5.41, 5.74) is 1.62. The Hall–Kier alpha value is -3.88. The van der Waals surface area contributed by atoms with Crippen molar-refractivity contribution < 1.29 is 28.7 Å². The van der Waals surface area contributed by atoms with Crippen molar-refractivity contribution in [2.75, 3.05) is 29.2 Å². The predicted molar refractivity (Wildman–Crippen MR) is 116 cm³/mol. The van der Waals surface area contributed by atoms with E-state index in [-0.39, 0.29) is 24.7 Å². The lowest BCUT2D eigenvalue weighted by molar-refractivity contribution is -0.147. The second-order valence-electron chi connectivity index (χ2n) is 6.44. The summed E-state index contributed by atoms with van der Waals surface area (Å²) in [5.74, 6) is -1.22. The summed E-state index contributed by atoms with van der Waals surface area (Å²) in [5, 5.41) is 7.88. The number of carbonyl (C=O) groups is 4. The van der Waals surface area contributed by atoms with E-state index in [0.717, 1.165) is 0 Å². The van der Waals surface area contributed by atoms with Gasteiger partial charge in [0.1, 0.15) is 5.75 Å². The molecule has 0 aliphatic carbocycles. The first-order chi connectivity index (χ1) is 14.9. The predicted octanol–water partition coefficient (Wildman–Crippen LogP) is 2.94. The van der Waals surface area contributed by atoms with E-state index in [9.17, 15) is 19.2 Å². The highest BCUT2D eigenvalue weighted by Gasteiger charge is 2.12. The van der Waals surface area contributed by atoms with E-state index < -0.39 is 18.5 Å². The van der Waals surface area contributed by atoms with Crippen LogP contribution in [0.5, 0.6) is 5.75 Å². The van der Waals surface area contributed by atoms with Crippen molar-refractivity contribution in [1.82, 2.24) is 0 Å². The van der Waals surface area contributed by atoms with Gasteiger partial charge in [0.2, 0.25) is 11.8 Å². The van der Waals surface area contributed by atoms with Crippen molar-refractivity contribution in [3.05, 3.63) is 48.5 Å². The maximum absolute atomic E-state index is 12.0. The topological polar surface area (TPSA) is 123 Å². The van der Waals surface area contributed by atoms with Crippen LogP contribution in [-0.4, -0.2) is 36.9 Å². The van der Waals surface area contributed by atoms with Crippen molar-refractivity contribution >= 4 is 40.8 Å². The maximum atomic E-state index is 12.0. The summed E-state index contributed by atoms with van der Waals surface area (Å²) in [7, 11) is 0. The lowest BCUT2D eigenvalue weighted by Crippen LogP contribution is -2.22. The molecule has 9 nitrogen and oxygen atoms in total. The van der Waals surface area contributed by atoms with Gasteiger partial charge in [-0.3, -0.25) is 19.2 Å². The molecule has 2 aromatic rings. The van der Waals surface area contributed by atoms with Crippen molar-refractivity contribution in [2.45, 2.75) is 26.7 Å². The van der Waals surface area contributed by atoms with Crippen molar-refractivity contribution in [3.63, 3.8) is 0 Å². The molecule has 164 valence electrons.